The van der Waals surface area contributed by atoms with Crippen molar-refractivity contribution in [1.82, 2.24) is 25.0 Å². The summed E-state index contributed by atoms with van der Waals surface area (Å²) in [6.45, 7) is 2.82. The molecule has 0 spiro atoms. The third kappa shape index (κ3) is 3.56. The van der Waals surface area contributed by atoms with Gasteiger partial charge in [0.05, 0.1) is 18.0 Å². The summed E-state index contributed by atoms with van der Waals surface area (Å²) in [7, 11) is 0. The number of anilines is 1. The molecular formula is C17H18N6O3. The van der Waals surface area contributed by atoms with Gasteiger partial charge in [-0.25, -0.2) is 4.98 Å². The number of carbonyl (C=O) groups is 1. The maximum Gasteiger partial charge on any atom is 0.227 e. The van der Waals surface area contributed by atoms with Gasteiger partial charge in [-0.1, -0.05) is 5.16 Å². The van der Waals surface area contributed by atoms with Gasteiger partial charge >= 0.3 is 0 Å². The number of furan rings is 1. The van der Waals surface area contributed by atoms with E-state index in [9.17, 15) is 4.79 Å². The minimum Gasteiger partial charge on any atom is -0.472 e. The fraction of sp³-hybridized carbons (Fsp3) is 0.353. The van der Waals surface area contributed by atoms with Crippen LogP contribution in [-0.2, 0) is 11.2 Å². The van der Waals surface area contributed by atoms with Crippen LogP contribution < -0.4 is 4.90 Å². The Morgan fingerprint density at radius 3 is 2.81 bits per heavy atom. The molecule has 1 saturated heterocycles. The van der Waals surface area contributed by atoms with Crippen LogP contribution >= 0.6 is 0 Å². The highest BCUT2D eigenvalue weighted by atomic mass is 16.5. The van der Waals surface area contributed by atoms with E-state index < -0.39 is 0 Å². The Labute approximate surface area is 149 Å². The van der Waals surface area contributed by atoms with E-state index in [1.165, 1.54) is 0 Å². The number of hydrogen-bond acceptors (Lipinski definition) is 8. The van der Waals surface area contributed by atoms with Gasteiger partial charge in [0.25, 0.3) is 0 Å². The zero-order chi connectivity index (χ0) is 17.8. The highest BCUT2D eigenvalue weighted by molar-refractivity contribution is 5.76. The molecule has 9 heteroatoms. The van der Waals surface area contributed by atoms with E-state index in [4.69, 9.17) is 8.94 Å². The second-order valence-electron chi connectivity index (χ2n) is 5.96. The molecule has 1 aliphatic heterocycles. The molecule has 0 aromatic carbocycles. The van der Waals surface area contributed by atoms with Gasteiger partial charge < -0.3 is 18.7 Å². The van der Waals surface area contributed by atoms with E-state index in [-0.39, 0.29) is 5.91 Å². The number of rotatable bonds is 5. The van der Waals surface area contributed by atoms with Crippen LogP contribution in [0.25, 0.3) is 11.4 Å². The van der Waals surface area contributed by atoms with Crippen molar-refractivity contribution in [3.63, 3.8) is 0 Å². The molecule has 0 unspecified atom stereocenters. The highest BCUT2D eigenvalue weighted by Gasteiger charge is 2.22. The first kappa shape index (κ1) is 16.2. The quantitative estimate of drug-likeness (QED) is 0.678. The predicted octanol–water partition coefficient (Wildman–Crippen LogP) is 1.40. The molecule has 0 saturated carbocycles. The van der Waals surface area contributed by atoms with Crippen LogP contribution in [0.3, 0.4) is 0 Å². The molecule has 1 aliphatic rings. The molecule has 0 radical (unpaired) electrons. The monoisotopic (exact) mass is 354 g/mol. The maximum absolute atomic E-state index is 12.4. The van der Waals surface area contributed by atoms with Crippen molar-refractivity contribution in [2.75, 3.05) is 31.1 Å². The van der Waals surface area contributed by atoms with Crippen LogP contribution in [-0.4, -0.2) is 57.1 Å². The molecule has 1 fully saturated rings. The average molecular weight is 354 g/mol. The molecule has 1 amide bonds. The number of nitrogens with zero attached hydrogens (tertiary/aromatic N) is 6. The first-order valence-electron chi connectivity index (χ1n) is 8.43. The van der Waals surface area contributed by atoms with Gasteiger partial charge in [0, 0.05) is 51.4 Å². The summed E-state index contributed by atoms with van der Waals surface area (Å²) in [6.07, 6.45) is 8.94. The van der Waals surface area contributed by atoms with Crippen LogP contribution in [0.1, 0.15) is 12.3 Å². The third-order valence-electron chi connectivity index (χ3n) is 4.31. The minimum atomic E-state index is 0.0897. The molecular weight excluding hydrogens is 336 g/mol. The SMILES string of the molecule is O=C(CCc1nc(-c2ccoc2)no1)N1CCN(c2cnccn2)CC1. The van der Waals surface area contributed by atoms with Crippen LogP contribution in [0.2, 0.25) is 0 Å². The van der Waals surface area contributed by atoms with Gasteiger partial charge in [-0.05, 0) is 6.07 Å². The van der Waals surface area contributed by atoms with E-state index in [0.717, 1.165) is 24.5 Å². The fourth-order valence-corrected chi connectivity index (χ4v) is 2.88. The van der Waals surface area contributed by atoms with Crippen molar-refractivity contribution in [1.29, 1.82) is 0 Å². The Morgan fingerprint density at radius 2 is 2.08 bits per heavy atom. The number of aryl methyl sites for hydroxylation is 1. The number of piperazine rings is 1. The Kier molecular flexibility index (Phi) is 4.59. The molecule has 26 heavy (non-hydrogen) atoms. The lowest BCUT2D eigenvalue weighted by Gasteiger charge is -2.35. The smallest absolute Gasteiger partial charge is 0.227 e. The molecule has 0 atom stereocenters. The van der Waals surface area contributed by atoms with Gasteiger partial charge in [0.15, 0.2) is 0 Å². The van der Waals surface area contributed by atoms with Crippen LogP contribution in [0, 0.1) is 0 Å². The largest absolute Gasteiger partial charge is 0.472 e. The standard InChI is InChI=1S/C17H18N6O3/c24-16(2-1-15-20-17(21-26-15)13-3-10-25-12-13)23-8-6-22(7-9-23)14-11-18-4-5-19-14/h3-5,10-12H,1-2,6-9H2. The summed E-state index contributed by atoms with van der Waals surface area (Å²) in [5.74, 6) is 1.86. The van der Waals surface area contributed by atoms with Crippen molar-refractivity contribution in [3.8, 4) is 11.4 Å². The number of hydrogen-bond donors (Lipinski definition) is 0. The van der Waals surface area contributed by atoms with Crippen molar-refractivity contribution in [2.24, 2.45) is 0 Å². The molecule has 4 heterocycles. The second-order valence-corrected chi connectivity index (χ2v) is 5.96. The van der Waals surface area contributed by atoms with E-state index in [0.29, 0.717) is 37.6 Å². The van der Waals surface area contributed by atoms with E-state index >= 15 is 0 Å². The van der Waals surface area contributed by atoms with Crippen LogP contribution in [0.15, 0.2) is 46.1 Å². The van der Waals surface area contributed by atoms with Crippen molar-refractivity contribution >= 4 is 11.7 Å². The Balaban J connectivity index is 1.27. The topological polar surface area (TPSA) is 101 Å². The Morgan fingerprint density at radius 1 is 1.19 bits per heavy atom. The summed E-state index contributed by atoms with van der Waals surface area (Å²) in [5.41, 5.74) is 0.756. The second kappa shape index (κ2) is 7.34. The zero-order valence-corrected chi connectivity index (χ0v) is 14.1. The lowest BCUT2D eigenvalue weighted by Crippen LogP contribution is -2.49. The van der Waals surface area contributed by atoms with Crippen molar-refractivity contribution in [3.05, 3.63) is 43.1 Å². The number of amides is 1. The molecule has 0 N–H and O–H groups in total. The summed E-state index contributed by atoms with van der Waals surface area (Å²) in [4.78, 5) is 29.1. The molecule has 9 nitrogen and oxygen atoms in total. The number of carbonyl (C=O) groups excluding carboxylic acids is 1. The zero-order valence-electron chi connectivity index (χ0n) is 14.1. The van der Waals surface area contributed by atoms with Gasteiger partial charge in [-0.3, -0.25) is 9.78 Å². The van der Waals surface area contributed by atoms with Gasteiger partial charge in [-0.2, -0.15) is 4.98 Å². The molecule has 3 aromatic rings. The molecule has 0 aliphatic carbocycles. The Hall–Kier alpha value is -3.23. The van der Waals surface area contributed by atoms with Crippen LogP contribution in [0.4, 0.5) is 5.82 Å². The van der Waals surface area contributed by atoms with E-state index in [1.54, 1.807) is 37.2 Å². The summed E-state index contributed by atoms with van der Waals surface area (Å²) in [5, 5.41) is 3.90. The lowest BCUT2D eigenvalue weighted by molar-refractivity contribution is -0.131. The molecule has 4 rings (SSSR count). The average Bonchev–Trinajstić information content (AvgIpc) is 3.38. The predicted molar refractivity (Wildman–Crippen MR) is 91.1 cm³/mol. The summed E-state index contributed by atoms with van der Waals surface area (Å²) >= 11 is 0. The summed E-state index contributed by atoms with van der Waals surface area (Å²) < 4.78 is 10.2. The van der Waals surface area contributed by atoms with Gasteiger partial charge in [0.2, 0.25) is 17.6 Å². The van der Waals surface area contributed by atoms with E-state index in [2.05, 4.69) is 25.0 Å². The summed E-state index contributed by atoms with van der Waals surface area (Å²) in [6, 6.07) is 1.76. The third-order valence-corrected chi connectivity index (χ3v) is 4.31. The van der Waals surface area contributed by atoms with Crippen LogP contribution in [0.5, 0.6) is 0 Å². The fourth-order valence-electron chi connectivity index (χ4n) is 2.88. The Bertz CT molecular complexity index is 841. The normalized spacial score (nSPS) is 14.6. The lowest BCUT2D eigenvalue weighted by atomic mass is 10.2. The highest BCUT2D eigenvalue weighted by Crippen LogP contribution is 2.17. The molecule has 3 aromatic heterocycles. The molecule has 0 bridgehead atoms. The van der Waals surface area contributed by atoms with Gasteiger partial charge in [-0.15, -0.1) is 0 Å². The van der Waals surface area contributed by atoms with Gasteiger partial charge in [0.1, 0.15) is 12.1 Å². The molecule has 134 valence electrons. The number of aromatic nitrogens is 4. The maximum atomic E-state index is 12.4. The van der Waals surface area contributed by atoms with Crippen molar-refractivity contribution in [2.45, 2.75) is 12.8 Å². The van der Waals surface area contributed by atoms with E-state index in [1.807, 2.05) is 4.90 Å². The minimum absolute atomic E-state index is 0.0897. The first-order chi connectivity index (χ1) is 12.8. The first-order valence-corrected chi connectivity index (χ1v) is 8.43. The van der Waals surface area contributed by atoms with Crippen molar-refractivity contribution < 1.29 is 13.7 Å².